The molecule has 0 bridgehead atoms. The average Bonchev–Trinajstić information content (AvgIpc) is 2.92. The first kappa shape index (κ1) is 8.75. The zero-order valence-electron chi connectivity index (χ0n) is 7.24. The van der Waals surface area contributed by atoms with Gasteiger partial charge in [-0.05, 0) is 23.9 Å². The van der Waals surface area contributed by atoms with Crippen molar-refractivity contribution < 1.29 is 4.74 Å². The number of nitrogens with zero attached hydrogens (tertiary/aromatic N) is 2. The fraction of sp³-hybridized carbons (Fsp3) is 0.556. The average molecular weight is 199 g/mol. The summed E-state index contributed by atoms with van der Waals surface area (Å²) >= 11 is 5.53. The third-order valence-corrected chi connectivity index (χ3v) is 2.28. The molecule has 0 aromatic carbocycles. The Bertz CT molecular complexity index is 271. The lowest BCUT2D eigenvalue weighted by Gasteiger charge is -2.03. The Morgan fingerprint density at radius 1 is 1.38 bits per heavy atom. The fourth-order valence-electron chi connectivity index (χ4n) is 1.12. The minimum Gasteiger partial charge on any atom is -0.490 e. The smallest absolute Gasteiger partial charge is 0.222 e. The lowest BCUT2D eigenvalue weighted by atomic mass is 10.3. The van der Waals surface area contributed by atoms with Gasteiger partial charge in [0, 0.05) is 0 Å². The number of hydrogen-bond donors (Lipinski definition) is 0. The highest BCUT2D eigenvalue weighted by Gasteiger charge is 2.20. The van der Waals surface area contributed by atoms with Crippen LogP contribution in [-0.2, 0) is 0 Å². The van der Waals surface area contributed by atoms with Crippen LogP contribution in [0.15, 0.2) is 12.4 Å². The number of hydrogen-bond acceptors (Lipinski definition) is 3. The van der Waals surface area contributed by atoms with Crippen molar-refractivity contribution in [1.82, 2.24) is 9.97 Å². The van der Waals surface area contributed by atoms with Crippen LogP contribution in [0.4, 0.5) is 0 Å². The van der Waals surface area contributed by atoms with Gasteiger partial charge in [0.15, 0.2) is 5.75 Å². The van der Waals surface area contributed by atoms with Crippen LogP contribution in [0, 0.1) is 5.92 Å². The van der Waals surface area contributed by atoms with Gasteiger partial charge in [0.05, 0.1) is 19.0 Å². The number of halogens is 1. The second-order valence-electron chi connectivity index (χ2n) is 3.27. The summed E-state index contributed by atoms with van der Waals surface area (Å²) in [4.78, 5) is 7.64. The minimum atomic E-state index is 0.259. The van der Waals surface area contributed by atoms with Crippen molar-refractivity contribution in [1.29, 1.82) is 0 Å². The molecule has 1 saturated carbocycles. The van der Waals surface area contributed by atoms with E-state index < -0.39 is 0 Å². The maximum Gasteiger partial charge on any atom is 0.222 e. The summed E-state index contributed by atoms with van der Waals surface area (Å²) in [5.74, 6) is 1.60. The molecular weight excluding hydrogens is 188 g/mol. The molecule has 70 valence electrons. The van der Waals surface area contributed by atoms with E-state index in [4.69, 9.17) is 16.3 Å². The third-order valence-electron chi connectivity index (χ3n) is 2.09. The van der Waals surface area contributed by atoms with Crippen LogP contribution in [-0.4, -0.2) is 16.6 Å². The topological polar surface area (TPSA) is 35.0 Å². The van der Waals surface area contributed by atoms with Gasteiger partial charge < -0.3 is 4.74 Å². The summed E-state index contributed by atoms with van der Waals surface area (Å²) in [5, 5.41) is 0.259. The van der Waals surface area contributed by atoms with E-state index in [0.717, 1.165) is 18.9 Å². The van der Waals surface area contributed by atoms with E-state index in [1.807, 2.05) is 0 Å². The standard InChI is InChI=1S/C9H11ClN2O/c10-9-11-5-8(6-12-9)13-4-3-7-1-2-7/h5-7H,1-4H2. The van der Waals surface area contributed by atoms with E-state index in [0.29, 0.717) is 5.75 Å². The Morgan fingerprint density at radius 2 is 2.08 bits per heavy atom. The van der Waals surface area contributed by atoms with Gasteiger partial charge in [-0.3, -0.25) is 0 Å². The highest BCUT2D eigenvalue weighted by atomic mass is 35.5. The lowest BCUT2D eigenvalue weighted by molar-refractivity contribution is 0.300. The molecule has 0 amide bonds. The van der Waals surface area contributed by atoms with Crippen LogP contribution in [0.5, 0.6) is 5.75 Å². The van der Waals surface area contributed by atoms with E-state index in [2.05, 4.69) is 9.97 Å². The first-order valence-electron chi connectivity index (χ1n) is 4.45. The van der Waals surface area contributed by atoms with Crippen LogP contribution in [0.2, 0.25) is 5.28 Å². The molecule has 1 aromatic rings. The first-order chi connectivity index (χ1) is 6.34. The van der Waals surface area contributed by atoms with E-state index >= 15 is 0 Å². The first-order valence-corrected chi connectivity index (χ1v) is 4.83. The largest absolute Gasteiger partial charge is 0.490 e. The Morgan fingerprint density at radius 3 is 2.69 bits per heavy atom. The predicted octanol–water partition coefficient (Wildman–Crippen LogP) is 2.31. The molecule has 0 spiro atoms. The molecule has 3 nitrogen and oxygen atoms in total. The molecule has 0 radical (unpaired) electrons. The maximum atomic E-state index is 5.53. The molecule has 13 heavy (non-hydrogen) atoms. The molecule has 0 saturated heterocycles. The minimum absolute atomic E-state index is 0.259. The second-order valence-corrected chi connectivity index (χ2v) is 3.61. The monoisotopic (exact) mass is 198 g/mol. The summed E-state index contributed by atoms with van der Waals surface area (Å²) in [5.41, 5.74) is 0. The van der Waals surface area contributed by atoms with Crippen LogP contribution in [0.3, 0.4) is 0 Å². The Balaban J connectivity index is 1.76. The van der Waals surface area contributed by atoms with Gasteiger partial charge >= 0.3 is 0 Å². The van der Waals surface area contributed by atoms with E-state index in [1.54, 1.807) is 12.4 Å². The molecule has 1 aromatic heterocycles. The van der Waals surface area contributed by atoms with Crippen molar-refractivity contribution in [2.75, 3.05) is 6.61 Å². The van der Waals surface area contributed by atoms with Crippen LogP contribution < -0.4 is 4.74 Å². The van der Waals surface area contributed by atoms with E-state index in [1.165, 1.54) is 12.8 Å². The van der Waals surface area contributed by atoms with Gasteiger partial charge in [0.25, 0.3) is 0 Å². The SMILES string of the molecule is Clc1ncc(OCCC2CC2)cn1. The van der Waals surface area contributed by atoms with Crippen molar-refractivity contribution in [3.63, 3.8) is 0 Å². The molecule has 0 unspecified atom stereocenters. The highest BCUT2D eigenvalue weighted by Crippen LogP contribution is 2.32. The molecular formula is C9H11ClN2O. The Hall–Kier alpha value is -0.830. The van der Waals surface area contributed by atoms with Gasteiger partial charge in [-0.1, -0.05) is 12.8 Å². The summed E-state index contributed by atoms with van der Waals surface area (Å²) in [6.07, 6.45) is 7.06. The normalized spacial score (nSPS) is 15.8. The summed E-state index contributed by atoms with van der Waals surface area (Å²) in [6, 6.07) is 0. The predicted molar refractivity (Wildman–Crippen MR) is 49.9 cm³/mol. The number of ether oxygens (including phenoxy) is 1. The quantitative estimate of drug-likeness (QED) is 0.697. The molecule has 0 atom stereocenters. The van der Waals surface area contributed by atoms with Crippen LogP contribution in [0.1, 0.15) is 19.3 Å². The summed E-state index contributed by atoms with van der Waals surface area (Å²) < 4.78 is 5.43. The summed E-state index contributed by atoms with van der Waals surface area (Å²) in [6.45, 7) is 0.760. The molecule has 0 aliphatic heterocycles. The van der Waals surface area contributed by atoms with E-state index in [9.17, 15) is 0 Å². The van der Waals surface area contributed by atoms with Gasteiger partial charge in [-0.15, -0.1) is 0 Å². The molecule has 2 rings (SSSR count). The third kappa shape index (κ3) is 2.84. The fourth-order valence-corrected chi connectivity index (χ4v) is 1.22. The molecule has 1 fully saturated rings. The van der Waals surface area contributed by atoms with Crippen molar-refractivity contribution in [3.8, 4) is 5.75 Å². The Kier molecular flexibility index (Phi) is 2.64. The molecule has 1 aliphatic rings. The van der Waals surface area contributed by atoms with E-state index in [-0.39, 0.29) is 5.28 Å². The molecule has 1 heterocycles. The maximum absolute atomic E-state index is 5.53. The van der Waals surface area contributed by atoms with Gasteiger partial charge in [-0.2, -0.15) is 0 Å². The second kappa shape index (κ2) is 3.92. The van der Waals surface area contributed by atoms with Crippen molar-refractivity contribution >= 4 is 11.6 Å². The van der Waals surface area contributed by atoms with Crippen molar-refractivity contribution in [2.45, 2.75) is 19.3 Å². The van der Waals surface area contributed by atoms with Gasteiger partial charge in [0.2, 0.25) is 5.28 Å². The lowest BCUT2D eigenvalue weighted by Crippen LogP contribution is -1.98. The van der Waals surface area contributed by atoms with Gasteiger partial charge in [0.1, 0.15) is 0 Å². The van der Waals surface area contributed by atoms with Crippen molar-refractivity contribution in [3.05, 3.63) is 17.7 Å². The zero-order chi connectivity index (χ0) is 9.10. The molecule has 1 aliphatic carbocycles. The summed E-state index contributed by atoms with van der Waals surface area (Å²) in [7, 11) is 0. The molecule has 0 N–H and O–H groups in total. The number of aromatic nitrogens is 2. The van der Waals surface area contributed by atoms with Crippen LogP contribution >= 0.6 is 11.6 Å². The zero-order valence-corrected chi connectivity index (χ0v) is 8.00. The van der Waals surface area contributed by atoms with Crippen molar-refractivity contribution in [2.24, 2.45) is 5.92 Å². The number of rotatable bonds is 4. The Labute approximate surface area is 82.1 Å². The van der Waals surface area contributed by atoms with Crippen LogP contribution in [0.25, 0.3) is 0 Å². The van der Waals surface area contributed by atoms with Gasteiger partial charge in [-0.25, -0.2) is 9.97 Å². The molecule has 4 heteroatoms. The highest BCUT2D eigenvalue weighted by molar-refractivity contribution is 6.28.